The molecule has 1 aliphatic heterocycles. The van der Waals surface area contributed by atoms with E-state index < -0.39 is 0 Å². The Labute approximate surface area is 144 Å². The van der Waals surface area contributed by atoms with Gasteiger partial charge in [-0.1, -0.05) is 6.92 Å². The molecule has 1 aliphatic rings. The molecule has 0 N–H and O–H groups in total. The lowest BCUT2D eigenvalue weighted by atomic mass is 10.0. The van der Waals surface area contributed by atoms with Crippen molar-refractivity contribution in [1.29, 1.82) is 0 Å². The number of imidazole rings is 1. The zero-order valence-corrected chi connectivity index (χ0v) is 14.7. The van der Waals surface area contributed by atoms with Gasteiger partial charge in [-0.2, -0.15) is 10.2 Å². The summed E-state index contributed by atoms with van der Waals surface area (Å²) in [5.41, 5.74) is -0.367. The minimum Gasteiger partial charge on any atom is -0.346 e. The molecule has 0 fully saturated rings. The van der Waals surface area contributed by atoms with Gasteiger partial charge in [0.25, 0.3) is 0 Å². The van der Waals surface area contributed by atoms with E-state index in [1.165, 1.54) is 0 Å². The van der Waals surface area contributed by atoms with Gasteiger partial charge in [0.05, 0.1) is 0 Å². The Hall–Kier alpha value is -2.16. The summed E-state index contributed by atoms with van der Waals surface area (Å²) < 4.78 is 2.19. The normalized spacial score (nSPS) is 14.4. The van der Waals surface area contributed by atoms with Crippen LogP contribution in [-0.4, -0.2) is 39.6 Å². The Balaban J connectivity index is 1.67. The van der Waals surface area contributed by atoms with Crippen LogP contribution in [0.3, 0.4) is 0 Å². The van der Waals surface area contributed by atoms with E-state index in [1.54, 1.807) is 4.90 Å². The minimum absolute atomic E-state index is 0.143. The summed E-state index contributed by atoms with van der Waals surface area (Å²) in [6.45, 7) is 3.89. The fourth-order valence-corrected chi connectivity index (χ4v) is 2.78. The number of hydrogen-bond acceptors (Lipinski definition) is 4. The predicted octanol–water partition coefficient (Wildman–Crippen LogP) is 3.04. The van der Waals surface area contributed by atoms with Gasteiger partial charge in [0.15, 0.2) is 5.66 Å². The van der Waals surface area contributed by atoms with Crippen molar-refractivity contribution in [2.75, 3.05) is 13.6 Å². The van der Waals surface area contributed by atoms with Crippen molar-refractivity contribution < 1.29 is 4.79 Å². The predicted molar refractivity (Wildman–Crippen MR) is 93.4 cm³/mol. The number of hydrogen-bond donors (Lipinski definition) is 0. The second-order valence-corrected chi connectivity index (χ2v) is 6.34. The standard InChI is InChI=1S/C18H27N5O/c1-4-6-10-18(20-21-18)11-9-17(24)22(3)14-7-8-16-19-12-15-23(16)13-5-2/h1,12,15H,5-11,13-14H2,2-3H3. The van der Waals surface area contributed by atoms with E-state index in [0.29, 0.717) is 19.3 Å². The number of terminal acetylenes is 1. The Kier molecular flexibility index (Phi) is 6.53. The van der Waals surface area contributed by atoms with Crippen molar-refractivity contribution in [2.24, 2.45) is 10.2 Å². The van der Waals surface area contributed by atoms with E-state index >= 15 is 0 Å². The van der Waals surface area contributed by atoms with Crippen molar-refractivity contribution >= 4 is 5.91 Å². The monoisotopic (exact) mass is 329 g/mol. The number of aromatic nitrogens is 2. The summed E-state index contributed by atoms with van der Waals surface area (Å²) in [6, 6.07) is 0. The molecule has 1 aromatic heterocycles. The van der Waals surface area contributed by atoms with E-state index in [2.05, 4.69) is 32.6 Å². The smallest absolute Gasteiger partial charge is 0.222 e. The highest BCUT2D eigenvalue weighted by atomic mass is 16.2. The van der Waals surface area contributed by atoms with E-state index in [4.69, 9.17) is 6.42 Å². The van der Waals surface area contributed by atoms with Crippen molar-refractivity contribution in [3.63, 3.8) is 0 Å². The first-order chi connectivity index (χ1) is 11.6. The summed E-state index contributed by atoms with van der Waals surface area (Å²) in [7, 11) is 1.86. The molecule has 0 atom stereocenters. The molecule has 1 aromatic rings. The SMILES string of the molecule is C#CCCC1(CCC(=O)N(C)CCCc2nccn2CCC)N=N1. The summed E-state index contributed by atoms with van der Waals surface area (Å²) in [6.07, 6.45) is 14.6. The van der Waals surface area contributed by atoms with Crippen LogP contribution in [0.25, 0.3) is 0 Å². The average Bonchev–Trinajstić information content (AvgIpc) is 3.23. The molecule has 0 spiro atoms. The molecule has 0 bridgehead atoms. The molecular weight excluding hydrogens is 302 g/mol. The van der Waals surface area contributed by atoms with Crippen LogP contribution in [0.2, 0.25) is 0 Å². The third-order valence-electron chi connectivity index (χ3n) is 4.38. The number of nitrogens with zero attached hydrogens (tertiary/aromatic N) is 5. The van der Waals surface area contributed by atoms with Gasteiger partial charge in [0, 0.05) is 64.6 Å². The van der Waals surface area contributed by atoms with E-state index in [9.17, 15) is 4.79 Å². The highest BCUT2D eigenvalue weighted by Crippen LogP contribution is 2.37. The Morgan fingerprint density at radius 3 is 2.88 bits per heavy atom. The summed E-state index contributed by atoms with van der Waals surface area (Å²) in [4.78, 5) is 18.4. The van der Waals surface area contributed by atoms with Crippen molar-refractivity contribution in [2.45, 2.75) is 64.1 Å². The van der Waals surface area contributed by atoms with Gasteiger partial charge in [0.1, 0.15) is 5.82 Å². The van der Waals surface area contributed by atoms with Gasteiger partial charge in [0.2, 0.25) is 5.91 Å². The molecule has 0 aromatic carbocycles. The lowest BCUT2D eigenvalue weighted by Crippen LogP contribution is -2.29. The van der Waals surface area contributed by atoms with Gasteiger partial charge in [-0.15, -0.1) is 12.3 Å². The van der Waals surface area contributed by atoms with Crippen LogP contribution in [0.15, 0.2) is 22.6 Å². The highest BCUT2D eigenvalue weighted by Gasteiger charge is 2.39. The molecular formula is C18H27N5O. The quantitative estimate of drug-likeness (QED) is 0.586. The van der Waals surface area contributed by atoms with Gasteiger partial charge < -0.3 is 9.47 Å². The third kappa shape index (κ3) is 5.19. The second-order valence-electron chi connectivity index (χ2n) is 6.34. The Morgan fingerprint density at radius 1 is 1.42 bits per heavy atom. The first kappa shape index (κ1) is 18.2. The molecule has 0 saturated heterocycles. The number of rotatable bonds is 11. The zero-order chi connectivity index (χ0) is 17.4. The molecule has 2 heterocycles. The van der Waals surface area contributed by atoms with E-state index in [1.807, 2.05) is 19.4 Å². The molecule has 6 heteroatoms. The first-order valence-corrected chi connectivity index (χ1v) is 8.72. The van der Waals surface area contributed by atoms with Crippen molar-refractivity contribution in [3.8, 4) is 12.3 Å². The maximum atomic E-state index is 12.2. The van der Waals surface area contributed by atoms with Gasteiger partial charge in [-0.3, -0.25) is 4.79 Å². The first-order valence-electron chi connectivity index (χ1n) is 8.72. The topological polar surface area (TPSA) is 62.9 Å². The van der Waals surface area contributed by atoms with Crippen LogP contribution in [0, 0.1) is 12.3 Å². The maximum absolute atomic E-state index is 12.2. The van der Waals surface area contributed by atoms with Crippen LogP contribution in [0.5, 0.6) is 0 Å². The third-order valence-corrected chi connectivity index (χ3v) is 4.38. The number of carbonyl (C=O) groups excluding carboxylic acids is 1. The zero-order valence-electron chi connectivity index (χ0n) is 14.7. The largest absolute Gasteiger partial charge is 0.346 e. The molecule has 130 valence electrons. The summed E-state index contributed by atoms with van der Waals surface area (Å²) in [5.74, 6) is 3.85. The minimum atomic E-state index is -0.367. The molecule has 1 amide bonds. The summed E-state index contributed by atoms with van der Waals surface area (Å²) in [5, 5.41) is 8.15. The summed E-state index contributed by atoms with van der Waals surface area (Å²) >= 11 is 0. The molecule has 0 unspecified atom stereocenters. The molecule has 0 radical (unpaired) electrons. The lowest BCUT2D eigenvalue weighted by Gasteiger charge is -2.18. The lowest BCUT2D eigenvalue weighted by molar-refractivity contribution is -0.130. The second kappa shape index (κ2) is 8.62. The molecule has 24 heavy (non-hydrogen) atoms. The van der Waals surface area contributed by atoms with E-state index in [-0.39, 0.29) is 11.6 Å². The van der Waals surface area contributed by atoms with Crippen LogP contribution >= 0.6 is 0 Å². The highest BCUT2D eigenvalue weighted by molar-refractivity contribution is 5.75. The van der Waals surface area contributed by atoms with Crippen LogP contribution in [0.1, 0.15) is 51.3 Å². The Morgan fingerprint density at radius 2 is 2.21 bits per heavy atom. The van der Waals surface area contributed by atoms with E-state index in [0.717, 1.165) is 44.6 Å². The maximum Gasteiger partial charge on any atom is 0.222 e. The number of amides is 1. The fourth-order valence-electron chi connectivity index (χ4n) is 2.78. The van der Waals surface area contributed by atoms with Gasteiger partial charge in [-0.05, 0) is 12.8 Å². The van der Waals surface area contributed by atoms with Crippen LogP contribution < -0.4 is 0 Å². The Bertz CT molecular complexity index is 607. The molecule has 6 nitrogen and oxygen atoms in total. The average molecular weight is 329 g/mol. The number of aryl methyl sites for hydroxylation is 2. The fraction of sp³-hybridized carbons (Fsp3) is 0.667. The molecule has 2 rings (SSSR count). The molecule has 0 aliphatic carbocycles. The van der Waals surface area contributed by atoms with Crippen molar-refractivity contribution in [3.05, 3.63) is 18.2 Å². The van der Waals surface area contributed by atoms with Gasteiger partial charge >= 0.3 is 0 Å². The molecule has 0 saturated carbocycles. The van der Waals surface area contributed by atoms with Crippen LogP contribution in [-0.2, 0) is 17.8 Å². The number of carbonyl (C=O) groups is 1. The van der Waals surface area contributed by atoms with Crippen LogP contribution in [0.4, 0.5) is 0 Å². The van der Waals surface area contributed by atoms with Gasteiger partial charge in [-0.25, -0.2) is 4.98 Å². The van der Waals surface area contributed by atoms with Crippen molar-refractivity contribution in [1.82, 2.24) is 14.5 Å².